The van der Waals surface area contributed by atoms with Crippen LogP contribution in [-0.4, -0.2) is 21.0 Å². The Hall–Kier alpha value is -3.06. The third-order valence-electron chi connectivity index (χ3n) is 4.54. The first-order valence-corrected chi connectivity index (χ1v) is 9.60. The van der Waals surface area contributed by atoms with E-state index in [0.29, 0.717) is 28.3 Å². The Morgan fingerprint density at radius 1 is 1.15 bits per heavy atom. The second-order valence-electron chi connectivity index (χ2n) is 6.75. The third-order valence-corrected chi connectivity index (χ3v) is 5.47. The van der Waals surface area contributed by atoms with E-state index in [0.717, 1.165) is 28.6 Å². The van der Waals surface area contributed by atoms with Gasteiger partial charge in [-0.15, -0.1) is 0 Å². The second-order valence-corrected chi connectivity index (χ2v) is 7.78. The number of amides is 1. The summed E-state index contributed by atoms with van der Waals surface area (Å²) in [5, 5.41) is 7.49. The average molecular weight is 376 g/mol. The van der Waals surface area contributed by atoms with Crippen LogP contribution >= 0.6 is 11.3 Å². The first-order chi connectivity index (χ1) is 13.2. The van der Waals surface area contributed by atoms with Crippen molar-refractivity contribution >= 4 is 32.6 Å². The minimum atomic E-state index is -0.191. The first-order valence-electron chi connectivity index (χ1n) is 8.78. The Kier molecular flexibility index (Phi) is 3.75. The van der Waals surface area contributed by atoms with E-state index in [1.165, 1.54) is 16.9 Å². The van der Waals surface area contributed by atoms with Gasteiger partial charge in [0.2, 0.25) is 11.7 Å². The average Bonchev–Trinajstić information content (AvgIpc) is 3.26. The molecule has 5 rings (SSSR count). The van der Waals surface area contributed by atoms with Gasteiger partial charge in [-0.1, -0.05) is 34.7 Å². The van der Waals surface area contributed by atoms with Crippen molar-refractivity contribution in [2.75, 3.05) is 5.32 Å². The summed E-state index contributed by atoms with van der Waals surface area (Å²) in [6, 6.07) is 13.2. The van der Waals surface area contributed by atoms with Crippen LogP contribution in [0.5, 0.6) is 0 Å². The van der Waals surface area contributed by atoms with E-state index in [9.17, 15) is 4.79 Å². The molecule has 1 saturated carbocycles. The number of fused-ring (bicyclic) bond motifs is 1. The Balaban J connectivity index is 1.33. The fraction of sp³-hybridized carbons (Fsp3) is 0.200. The van der Waals surface area contributed by atoms with E-state index < -0.39 is 0 Å². The number of aromatic nitrogens is 3. The number of carbonyl (C=O) groups is 1. The lowest BCUT2D eigenvalue weighted by Crippen LogP contribution is -2.11. The number of thiazole rings is 1. The van der Waals surface area contributed by atoms with Crippen LogP contribution in [0, 0.1) is 6.92 Å². The highest BCUT2D eigenvalue weighted by Crippen LogP contribution is 2.39. The maximum absolute atomic E-state index is 12.5. The summed E-state index contributed by atoms with van der Waals surface area (Å²) in [5.41, 5.74) is 3.45. The summed E-state index contributed by atoms with van der Waals surface area (Å²) in [7, 11) is 0. The molecule has 2 aromatic carbocycles. The molecule has 1 aliphatic carbocycles. The largest absolute Gasteiger partial charge is 0.339 e. The van der Waals surface area contributed by atoms with E-state index in [2.05, 4.69) is 26.5 Å². The molecule has 0 radical (unpaired) electrons. The highest BCUT2D eigenvalue weighted by molar-refractivity contribution is 7.22. The van der Waals surface area contributed by atoms with Gasteiger partial charge in [0.15, 0.2) is 5.13 Å². The van der Waals surface area contributed by atoms with Crippen LogP contribution in [0.1, 0.15) is 40.6 Å². The van der Waals surface area contributed by atoms with Crippen molar-refractivity contribution in [2.45, 2.75) is 25.7 Å². The second kappa shape index (κ2) is 6.28. The zero-order chi connectivity index (χ0) is 18.4. The molecule has 1 amide bonds. The molecule has 27 heavy (non-hydrogen) atoms. The Labute approximate surface area is 159 Å². The molecule has 0 atom stereocenters. The van der Waals surface area contributed by atoms with Gasteiger partial charge in [-0.05, 0) is 49.6 Å². The van der Waals surface area contributed by atoms with Crippen LogP contribution in [0.3, 0.4) is 0 Å². The van der Waals surface area contributed by atoms with Crippen molar-refractivity contribution < 1.29 is 9.32 Å². The molecule has 0 unspecified atom stereocenters. The minimum absolute atomic E-state index is 0.191. The SMILES string of the molecule is Cc1ccc2nc(NC(=O)c3ccc(-c4noc(C5CC5)n4)cc3)sc2c1. The van der Waals surface area contributed by atoms with Gasteiger partial charge in [0.25, 0.3) is 5.91 Å². The van der Waals surface area contributed by atoms with Crippen molar-refractivity contribution in [3.8, 4) is 11.4 Å². The number of hydrogen-bond acceptors (Lipinski definition) is 6. The zero-order valence-electron chi connectivity index (χ0n) is 14.6. The number of nitrogens with one attached hydrogen (secondary N) is 1. The molecular formula is C20H16N4O2S. The summed E-state index contributed by atoms with van der Waals surface area (Å²) in [4.78, 5) is 21.4. The Morgan fingerprint density at radius 2 is 1.96 bits per heavy atom. The molecule has 1 N–H and O–H groups in total. The van der Waals surface area contributed by atoms with E-state index in [-0.39, 0.29) is 5.91 Å². The molecule has 0 spiro atoms. The van der Waals surface area contributed by atoms with Gasteiger partial charge in [0.05, 0.1) is 10.2 Å². The molecule has 0 saturated heterocycles. The number of carbonyl (C=O) groups excluding carboxylic acids is 1. The molecule has 0 aliphatic heterocycles. The molecule has 1 aliphatic rings. The number of hydrogen-bond donors (Lipinski definition) is 1. The minimum Gasteiger partial charge on any atom is -0.339 e. The fourth-order valence-electron chi connectivity index (χ4n) is 2.87. The van der Waals surface area contributed by atoms with Gasteiger partial charge in [-0.2, -0.15) is 4.98 Å². The van der Waals surface area contributed by atoms with E-state index in [4.69, 9.17) is 4.52 Å². The predicted octanol–water partition coefficient (Wildman–Crippen LogP) is 4.78. The van der Waals surface area contributed by atoms with Crippen LogP contribution in [-0.2, 0) is 0 Å². The van der Waals surface area contributed by atoms with Crippen LogP contribution in [0.4, 0.5) is 5.13 Å². The van der Waals surface area contributed by atoms with Crippen LogP contribution < -0.4 is 5.32 Å². The highest BCUT2D eigenvalue weighted by atomic mass is 32.1. The molecule has 2 heterocycles. The van der Waals surface area contributed by atoms with Gasteiger partial charge in [0, 0.05) is 17.0 Å². The molecule has 134 valence electrons. The normalized spacial score (nSPS) is 13.8. The number of rotatable bonds is 4. The van der Waals surface area contributed by atoms with Gasteiger partial charge in [0.1, 0.15) is 0 Å². The number of nitrogens with zero attached hydrogens (tertiary/aromatic N) is 3. The Bertz CT molecular complexity index is 1140. The molecule has 7 heteroatoms. The number of aryl methyl sites for hydroxylation is 1. The molecule has 1 fully saturated rings. The van der Waals surface area contributed by atoms with Crippen molar-refractivity contribution in [3.05, 3.63) is 59.5 Å². The monoisotopic (exact) mass is 376 g/mol. The van der Waals surface area contributed by atoms with Crippen LogP contribution in [0.2, 0.25) is 0 Å². The summed E-state index contributed by atoms with van der Waals surface area (Å²) in [6.45, 7) is 2.04. The lowest BCUT2D eigenvalue weighted by Gasteiger charge is -2.02. The quantitative estimate of drug-likeness (QED) is 0.554. The van der Waals surface area contributed by atoms with Crippen molar-refractivity contribution in [1.82, 2.24) is 15.1 Å². The highest BCUT2D eigenvalue weighted by Gasteiger charge is 2.29. The summed E-state index contributed by atoms with van der Waals surface area (Å²) in [6.07, 6.45) is 2.23. The number of anilines is 1. The smallest absolute Gasteiger partial charge is 0.257 e. The fourth-order valence-corrected chi connectivity index (χ4v) is 3.83. The van der Waals surface area contributed by atoms with Crippen molar-refractivity contribution in [1.29, 1.82) is 0 Å². The van der Waals surface area contributed by atoms with Gasteiger partial charge < -0.3 is 4.52 Å². The Morgan fingerprint density at radius 3 is 2.74 bits per heavy atom. The van der Waals surface area contributed by atoms with E-state index in [1.54, 1.807) is 12.1 Å². The first kappa shape index (κ1) is 16.1. The van der Waals surface area contributed by atoms with Gasteiger partial charge in [-0.3, -0.25) is 10.1 Å². The topological polar surface area (TPSA) is 80.9 Å². The summed E-state index contributed by atoms with van der Waals surface area (Å²) >= 11 is 1.47. The standard InChI is InChI=1S/C20H16N4O2S/c1-11-2-9-15-16(10-11)27-20(21-15)23-18(25)13-5-3-12(4-6-13)17-22-19(26-24-17)14-7-8-14/h2-6,9-10,14H,7-8H2,1H3,(H,21,23,25). The maximum Gasteiger partial charge on any atom is 0.257 e. The van der Waals surface area contributed by atoms with Gasteiger partial charge >= 0.3 is 0 Å². The molecular weight excluding hydrogens is 360 g/mol. The van der Waals surface area contributed by atoms with Crippen LogP contribution in [0.25, 0.3) is 21.6 Å². The molecule has 4 aromatic rings. The van der Waals surface area contributed by atoms with Crippen molar-refractivity contribution in [2.24, 2.45) is 0 Å². The number of benzene rings is 2. The predicted molar refractivity (Wildman–Crippen MR) is 104 cm³/mol. The molecule has 6 nitrogen and oxygen atoms in total. The van der Waals surface area contributed by atoms with E-state index in [1.807, 2.05) is 31.2 Å². The lowest BCUT2D eigenvalue weighted by molar-refractivity contribution is 0.102. The van der Waals surface area contributed by atoms with E-state index >= 15 is 0 Å². The molecule has 0 bridgehead atoms. The molecule has 2 aromatic heterocycles. The van der Waals surface area contributed by atoms with Crippen molar-refractivity contribution in [3.63, 3.8) is 0 Å². The third kappa shape index (κ3) is 3.21. The summed E-state index contributed by atoms with van der Waals surface area (Å²) < 4.78 is 6.35. The lowest BCUT2D eigenvalue weighted by atomic mass is 10.1. The zero-order valence-corrected chi connectivity index (χ0v) is 15.4. The van der Waals surface area contributed by atoms with Crippen LogP contribution in [0.15, 0.2) is 47.0 Å². The van der Waals surface area contributed by atoms with Gasteiger partial charge in [-0.25, -0.2) is 4.98 Å². The maximum atomic E-state index is 12.5. The summed E-state index contributed by atoms with van der Waals surface area (Å²) in [5.74, 6) is 1.50.